The van der Waals surface area contributed by atoms with Crippen LogP contribution in [0.5, 0.6) is 0 Å². The van der Waals surface area contributed by atoms with Gasteiger partial charge in [-0.05, 0) is 44.4 Å². The van der Waals surface area contributed by atoms with Crippen LogP contribution in [0.2, 0.25) is 5.02 Å². The van der Waals surface area contributed by atoms with Crippen molar-refractivity contribution in [2.24, 2.45) is 0 Å². The van der Waals surface area contributed by atoms with Gasteiger partial charge in [-0.15, -0.1) is 0 Å². The number of carbonyl (C=O) groups excluding carboxylic acids is 1. The molecule has 1 aromatic carbocycles. The van der Waals surface area contributed by atoms with E-state index in [0.717, 1.165) is 12.1 Å². The number of anilines is 3. The minimum absolute atomic E-state index is 0.0553. The Bertz CT molecular complexity index is 1560. The lowest BCUT2D eigenvalue weighted by Crippen LogP contribution is -2.48. The zero-order valence-corrected chi connectivity index (χ0v) is 24.8. The highest BCUT2D eigenvalue weighted by molar-refractivity contribution is 6.34. The molecule has 0 radical (unpaired) electrons. The Labute approximate surface area is 258 Å². The van der Waals surface area contributed by atoms with E-state index in [1.807, 2.05) is 23.9 Å². The molecule has 1 amide bonds. The van der Waals surface area contributed by atoms with Gasteiger partial charge in [0, 0.05) is 50.2 Å². The van der Waals surface area contributed by atoms with Gasteiger partial charge in [-0.3, -0.25) is 4.79 Å². The van der Waals surface area contributed by atoms with Crippen molar-refractivity contribution in [3.63, 3.8) is 0 Å². The molecular weight excluding hydrogens is 634 g/mol. The van der Waals surface area contributed by atoms with E-state index in [4.69, 9.17) is 32.2 Å². The van der Waals surface area contributed by atoms with E-state index >= 15 is 0 Å². The molecule has 3 aromatic rings. The summed E-state index contributed by atoms with van der Waals surface area (Å²) in [6.45, 7) is 6.73. The Morgan fingerprint density at radius 3 is 2.24 bits per heavy atom. The fourth-order valence-corrected chi connectivity index (χ4v) is 4.46. The maximum absolute atomic E-state index is 13.8. The number of pyridine rings is 1. The number of halogens is 7. The number of hydrogen-bond donors (Lipinski definition) is 3. The van der Waals surface area contributed by atoms with Gasteiger partial charge < -0.3 is 30.9 Å². The van der Waals surface area contributed by atoms with Crippen LogP contribution in [0.1, 0.15) is 5.56 Å². The highest BCUT2D eigenvalue weighted by atomic mass is 35.5. The number of nitrogens with two attached hydrogens (primary N) is 1. The molecule has 0 spiro atoms. The number of carbonyl (C=O) groups is 2. The van der Waals surface area contributed by atoms with Crippen molar-refractivity contribution < 1.29 is 41.0 Å². The SMILES string of the molecule is C=CC(=O)N1CCN(c2nc(NCCN(C)C)nc3cc(-c4nc(N)ccc4C(F)(F)F)c(Cl)cc23)CC1.O=C(O)C(F)(F)F. The number of rotatable bonds is 7. The summed E-state index contributed by atoms with van der Waals surface area (Å²) in [5, 5.41) is 10.9. The summed E-state index contributed by atoms with van der Waals surface area (Å²) in [6, 6.07) is 5.03. The Kier molecular flexibility index (Phi) is 11.0. The second-order valence-corrected chi connectivity index (χ2v) is 10.3. The van der Waals surface area contributed by atoms with Crippen LogP contribution in [0.3, 0.4) is 0 Å². The van der Waals surface area contributed by atoms with E-state index in [-0.39, 0.29) is 28.0 Å². The van der Waals surface area contributed by atoms with Crippen molar-refractivity contribution in [3.05, 3.63) is 47.5 Å². The second-order valence-electron chi connectivity index (χ2n) is 9.90. The summed E-state index contributed by atoms with van der Waals surface area (Å²) in [4.78, 5) is 39.9. The first kappa shape index (κ1) is 35.1. The molecule has 1 aliphatic rings. The number of nitrogens with one attached hydrogen (secondary N) is 1. The predicted octanol–water partition coefficient (Wildman–Crippen LogP) is 4.39. The molecule has 2 aromatic heterocycles. The minimum atomic E-state index is -5.08. The van der Waals surface area contributed by atoms with Crippen LogP contribution in [0.25, 0.3) is 22.2 Å². The number of carboxylic acid groups (broad SMARTS) is 1. The van der Waals surface area contributed by atoms with E-state index in [2.05, 4.69) is 21.9 Å². The van der Waals surface area contributed by atoms with Crippen LogP contribution in [-0.4, -0.2) is 101 Å². The Hall–Kier alpha value is -4.38. The monoisotopic (exact) mass is 662 g/mol. The number of amides is 1. The number of hydrogen-bond acceptors (Lipinski definition) is 9. The zero-order valence-electron chi connectivity index (χ0n) is 24.0. The van der Waals surface area contributed by atoms with E-state index in [9.17, 15) is 31.1 Å². The molecular formula is C27H29ClF6N8O3. The van der Waals surface area contributed by atoms with Crippen LogP contribution in [0.15, 0.2) is 36.9 Å². The van der Waals surface area contributed by atoms with E-state index in [1.165, 1.54) is 12.1 Å². The molecule has 4 N–H and O–H groups in total. The number of alkyl halides is 6. The van der Waals surface area contributed by atoms with Gasteiger partial charge in [0.15, 0.2) is 0 Å². The predicted molar refractivity (Wildman–Crippen MR) is 157 cm³/mol. The lowest BCUT2D eigenvalue weighted by molar-refractivity contribution is -0.192. The number of piperazine rings is 1. The third kappa shape index (κ3) is 9.07. The first-order valence-electron chi connectivity index (χ1n) is 13.1. The van der Waals surface area contributed by atoms with E-state index in [1.54, 1.807) is 11.0 Å². The molecule has 1 saturated heterocycles. The number of nitrogen functional groups attached to an aromatic ring is 1. The third-order valence-corrected chi connectivity index (χ3v) is 6.70. The molecule has 18 heteroatoms. The van der Waals surface area contributed by atoms with Crippen molar-refractivity contribution in [3.8, 4) is 11.3 Å². The van der Waals surface area contributed by atoms with Gasteiger partial charge >= 0.3 is 18.3 Å². The number of nitrogens with zero attached hydrogens (tertiary/aromatic N) is 6. The molecule has 0 atom stereocenters. The lowest BCUT2D eigenvalue weighted by atomic mass is 10.0. The van der Waals surface area contributed by atoms with Crippen LogP contribution < -0.4 is 16.0 Å². The van der Waals surface area contributed by atoms with Gasteiger partial charge in [0.25, 0.3) is 0 Å². The van der Waals surface area contributed by atoms with Gasteiger partial charge in [-0.25, -0.2) is 14.8 Å². The standard InChI is InChI=1S/C25H28ClF3N8O.C2HF3O2/c1-4-21(38)36-9-11-37(12-10-36)23-16-13-18(26)15(22-17(25(27,28)29)5-6-20(30)33-22)14-19(16)32-24(34-23)31-7-8-35(2)3;3-2(4,5)1(6)7/h4-6,13-14H,1,7-12H2,2-3H3,(H2,30,33)(H,31,32,34);(H,6,7). The minimum Gasteiger partial charge on any atom is -0.475 e. The van der Waals surface area contributed by atoms with Crippen molar-refractivity contribution in [2.75, 3.05) is 69.3 Å². The maximum Gasteiger partial charge on any atom is 0.490 e. The van der Waals surface area contributed by atoms with Gasteiger partial charge in [-0.1, -0.05) is 18.2 Å². The fraction of sp³-hybridized carbons (Fsp3) is 0.370. The number of likely N-dealkylation sites (N-methyl/N-ethyl adjacent to an activating group) is 1. The summed E-state index contributed by atoms with van der Waals surface area (Å²) < 4.78 is 73.1. The number of aromatic nitrogens is 3. The third-order valence-electron chi connectivity index (χ3n) is 6.39. The number of aliphatic carboxylic acids is 1. The molecule has 45 heavy (non-hydrogen) atoms. The van der Waals surface area contributed by atoms with E-state index < -0.39 is 23.9 Å². The summed E-state index contributed by atoms with van der Waals surface area (Å²) >= 11 is 6.56. The first-order chi connectivity index (χ1) is 20.9. The molecule has 244 valence electrons. The molecule has 0 saturated carbocycles. The maximum atomic E-state index is 13.8. The normalized spacial score (nSPS) is 13.8. The number of fused-ring (bicyclic) bond motifs is 1. The fourth-order valence-electron chi connectivity index (χ4n) is 4.20. The first-order valence-corrected chi connectivity index (χ1v) is 13.5. The largest absolute Gasteiger partial charge is 0.490 e. The highest BCUT2D eigenvalue weighted by Crippen LogP contribution is 2.41. The van der Waals surface area contributed by atoms with Crippen LogP contribution >= 0.6 is 11.6 Å². The van der Waals surface area contributed by atoms with Crippen LogP contribution in [0.4, 0.5) is 43.9 Å². The Morgan fingerprint density at radius 2 is 1.71 bits per heavy atom. The quantitative estimate of drug-likeness (QED) is 0.247. The lowest BCUT2D eigenvalue weighted by Gasteiger charge is -2.35. The summed E-state index contributed by atoms with van der Waals surface area (Å²) in [6.07, 6.45) is -8.46. The van der Waals surface area contributed by atoms with Gasteiger partial charge in [-0.2, -0.15) is 31.3 Å². The van der Waals surface area contributed by atoms with Gasteiger partial charge in [0.2, 0.25) is 11.9 Å². The molecule has 0 unspecified atom stereocenters. The topological polar surface area (TPSA) is 141 Å². The highest BCUT2D eigenvalue weighted by Gasteiger charge is 2.38. The molecule has 1 aliphatic heterocycles. The number of benzene rings is 1. The molecule has 4 rings (SSSR count). The number of carboxylic acids is 1. The molecule has 1 fully saturated rings. The summed E-state index contributed by atoms with van der Waals surface area (Å²) in [5.74, 6) is -2.08. The van der Waals surface area contributed by atoms with Crippen molar-refractivity contribution in [1.29, 1.82) is 0 Å². The average molecular weight is 663 g/mol. The van der Waals surface area contributed by atoms with Gasteiger partial charge in [0.1, 0.15) is 11.6 Å². The van der Waals surface area contributed by atoms with Gasteiger partial charge in [0.05, 0.1) is 21.8 Å². The molecule has 0 bridgehead atoms. The summed E-state index contributed by atoms with van der Waals surface area (Å²) in [5.41, 5.74) is 4.87. The second kappa shape index (κ2) is 14.2. The molecule has 3 heterocycles. The van der Waals surface area contributed by atoms with E-state index in [0.29, 0.717) is 61.9 Å². The van der Waals surface area contributed by atoms with Crippen molar-refractivity contribution >= 4 is 52.0 Å². The summed E-state index contributed by atoms with van der Waals surface area (Å²) in [7, 11) is 3.87. The van der Waals surface area contributed by atoms with Crippen LogP contribution in [-0.2, 0) is 15.8 Å². The smallest absolute Gasteiger partial charge is 0.475 e. The Balaban J connectivity index is 0.000000707. The van der Waals surface area contributed by atoms with Crippen molar-refractivity contribution in [2.45, 2.75) is 12.4 Å². The Morgan fingerprint density at radius 1 is 1.09 bits per heavy atom. The van der Waals surface area contributed by atoms with Crippen LogP contribution in [0, 0.1) is 0 Å². The van der Waals surface area contributed by atoms with Crippen molar-refractivity contribution in [1.82, 2.24) is 24.8 Å². The zero-order chi connectivity index (χ0) is 33.7. The molecule has 11 nitrogen and oxygen atoms in total. The molecule has 0 aliphatic carbocycles. The average Bonchev–Trinajstić information content (AvgIpc) is 2.95.